The molecule has 2 heterocycles. The highest BCUT2D eigenvalue weighted by atomic mass is 16.6. The van der Waals surface area contributed by atoms with Crippen LogP contribution in [-0.2, 0) is 24.7 Å². The Balaban J connectivity index is 1.84. The molecular formula is C29H27N3O4. The van der Waals surface area contributed by atoms with Crippen LogP contribution in [0.3, 0.4) is 0 Å². The predicted octanol–water partition coefficient (Wildman–Crippen LogP) is 4.45. The van der Waals surface area contributed by atoms with Gasteiger partial charge in [-0.25, -0.2) is 14.7 Å². The molecule has 2 atom stereocenters. The molecule has 1 spiro atoms. The van der Waals surface area contributed by atoms with E-state index in [9.17, 15) is 14.4 Å². The van der Waals surface area contributed by atoms with Crippen LogP contribution >= 0.6 is 0 Å². The molecule has 0 radical (unpaired) electrons. The molecule has 36 heavy (non-hydrogen) atoms. The van der Waals surface area contributed by atoms with E-state index in [1.54, 1.807) is 49.9 Å². The Labute approximate surface area is 210 Å². The summed E-state index contributed by atoms with van der Waals surface area (Å²) in [4.78, 5) is 48.9. The molecule has 2 amide bonds. The molecule has 0 bridgehead atoms. The minimum atomic E-state index is -1.70. The fourth-order valence-electron chi connectivity index (χ4n) is 4.95. The van der Waals surface area contributed by atoms with Gasteiger partial charge in [-0.15, -0.1) is 0 Å². The van der Waals surface area contributed by atoms with Crippen LogP contribution in [0.4, 0.5) is 11.4 Å². The van der Waals surface area contributed by atoms with Crippen molar-refractivity contribution in [3.05, 3.63) is 96.1 Å². The Kier molecular flexibility index (Phi) is 5.51. The first-order valence-corrected chi connectivity index (χ1v) is 11.8. The number of amides is 2. The van der Waals surface area contributed by atoms with Gasteiger partial charge in [0.1, 0.15) is 11.4 Å². The Hall–Kier alpha value is -4.26. The van der Waals surface area contributed by atoms with Gasteiger partial charge in [-0.05, 0) is 39.0 Å². The number of nitrogens with zero attached hydrogens (tertiary/aromatic N) is 3. The number of imide groups is 1. The standard InChI is InChI=1S/C29H27N3O4/c1-19(33)31-23-18-12-11-17-22(23)29(27(31)35)24(26(34)36-28(2,3)4)32(21-15-9-6-10-16-21)25(30-29)20-13-7-5-8-14-20/h5-18,24H,1-4H3. The van der Waals surface area contributed by atoms with Gasteiger partial charge in [-0.1, -0.05) is 66.7 Å². The van der Waals surface area contributed by atoms with Crippen molar-refractivity contribution in [3.63, 3.8) is 0 Å². The summed E-state index contributed by atoms with van der Waals surface area (Å²) in [6.07, 6.45) is 0. The summed E-state index contributed by atoms with van der Waals surface area (Å²) in [5.74, 6) is -1.17. The van der Waals surface area contributed by atoms with E-state index < -0.39 is 35.0 Å². The molecule has 2 unspecified atom stereocenters. The number of para-hydroxylation sites is 2. The van der Waals surface area contributed by atoms with Crippen LogP contribution in [0.1, 0.15) is 38.8 Å². The topological polar surface area (TPSA) is 79.3 Å². The van der Waals surface area contributed by atoms with Crippen LogP contribution in [0.15, 0.2) is 89.9 Å². The maximum atomic E-state index is 14.2. The predicted molar refractivity (Wildman–Crippen MR) is 138 cm³/mol. The van der Waals surface area contributed by atoms with E-state index in [-0.39, 0.29) is 0 Å². The third kappa shape index (κ3) is 3.59. The average molecular weight is 482 g/mol. The van der Waals surface area contributed by atoms with Crippen LogP contribution in [0.25, 0.3) is 0 Å². The van der Waals surface area contributed by atoms with Crippen LogP contribution in [0.5, 0.6) is 0 Å². The van der Waals surface area contributed by atoms with E-state index in [0.717, 1.165) is 10.5 Å². The maximum Gasteiger partial charge on any atom is 0.333 e. The fourth-order valence-corrected chi connectivity index (χ4v) is 4.95. The molecule has 0 fully saturated rings. The largest absolute Gasteiger partial charge is 0.458 e. The van der Waals surface area contributed by atoms with Gasteiger partial charge in [-0.3, -0.25) is 9.59 Å². The Morgan fingerprint density at radius 1 is 0.889 bits per heavy atom. The van der Waals surface area contributed by atoms with Crippen molar-refractivity contribution in [1.82, 2.24) is 0 Å². The monoisotopic (exact) mass is 481 g/mol. The Bertz CT molecular complexity index is 1380. The van der Waals surface area contributed by atoms with Gasteiger partial charge in [0.15, 0.2) is 6.04 Å². The third-order valence-electron chi connectivity index (χ3n) is 6.26. The highest BCUT2D eigenvalue weighted by Crippen LogP contribution is 2.51. The highest BCUT2D eigenvalue weighted by molar-refractivity contribution is 6.28. The number of hydrogen-bond donors (Lipinski definition) is 0. The molecule has 5 rings (SSSR count). The van der Waals surface area contributed by atoms with Crippen molar-refractivity contribution in [1.29, 1.82) is 0 Å². The lowest BCUT2D eigenvalue weighted by Crippen LogP contribution is -2.57. The molecule has 0 aliphatic carbocycles. The number of aliphatic imine (C=N–C) groups is 1. The summed E-state index contributed by atoms with van der Waals surface area (Å²) in [7, 11) is 0. The van der Waals surface area contributed by atoms with Crippen molar-refractivity contribution in [3.8, 4) is 0 Å². The van der Waals surface area contributed by atoms with Crippen LogP contribution in [0.2, 0.25) is 0 Å². The molecule has 0 aromatic heterocycles. The molecule has 0 N–H and O–H groups in total. The van der Waals surface area contributed by atoms with Crippen molar-refractivity contribution in [2.75, 3.05) is 9.80 Å². The summed E-state index contributed by atoms with van der Waals surface area (Å²) < 4.78 is 5.89. The number of esters is 1. The number of rotatable bonds is 3. The number of carbonyl (C=O) groups is 3. The lowest BCUT2D eigenvalue weighted by atomic mass is 9.84. The zero-order chi connectivity index (χ0) is 25.7. The first-order chi connectivity index (χ1) is 17.1. The van der Waals surface area contributed by atoms with E-state index in [1.165, 1.54) is 6.92 Å². The number of benzene rings is 3. The Morgan fingerprint density at radius 3 is 2.08 bits per heavy atom. The van der Waals surface area contributed by atoms with E-state index in [2.05, 4.69) is 0 Å². The van der Waals surface area contributed by atoms with Gasteiger partial charge in [0.05, 0.1) is 5.69 Å². The molecule has 0 saturated carbocycles. The minimum Gasteiger partial charge on any atom is -0.458 e. The van der Waals surface area contributed by atoms with Crippen LogP contribution in [0, 0.1) is 0 Å². The summed E-state index contributed by atoms with van der Waals surface area (Å²) in [6, 6.07) is 24.6. The van der Waals surface area contributed by atoms with Gasteiger partial charge in [-0.2, -0.15) is 0 Å². The van der Waals surface area contributed by atoms with E-state index in [4.69, 9.17) is 9.73 Å². The summed E-state index contributed by atoms with van der Waals surface area (Å²) >= 11 is 0. The third-order valence-corrected chi connectivity index (χ3v) is 6.26. The number of amidine groups is 1. The van der Waals surface area contributed by atoms with E-state index in [0.29, 0.717) is 22.8 Å². The summed E-state index contributed by atoms with van der Waals surface area (Å²) in [6.45, 7) is 6.68. The quantitative estimate of drug-likeness (QED) is 0.517. The van der Waals surface area contributed by atoms with Gasteiger partial charge in [0.2, 0.25) is 11.4 Å². The molecule has 182 valence electrons. The van der Waals surface area contributed by atoms with E-state index >= 15 is 0 Å². The zero-order valence-electron chi connectivity index (χ0n) is 20.6. The normalized spacial score (nSPS) is 20.9. The van der Waals surface area contributed by atoms with E-state index in [1.807, 2.05) is 60.7 Å². The maximum absolute atomic E-state index is 14.2. The Morgan fingerprint density at radius 2 is 1.47 bits per heavy atom. The minimum absolute atomic E-state index is 0.426. The summed E-state index contributed by atoms with van der Waals surface area (Å²) in [5, 5.41) is 0. The molecule has 3 aromatic carbocycles. The first kappa shape index (κ1) is 23.5. The number of carbonyl (C=O) groups excluding carboxylic acids is 3. The van der Waals surface area contributed by atoms with Gasteiger partial charge in [0, 0.05) is 23.7 Å². The van der Waals surface area contributed by atoms with Crippen LogP contribution < -0.4 is 9.80 Å². The molecule has 7 nitrogen and oxygen atoms in total. The lowest BCUT2D eigenvalue weighted by Gasteiger charge is -2.35. The lowest BCUT2D eigenvalue weighted by molar-refractivity contribution is -0.159. The van der Waals surface area contributed by atoms with Crippen molar-refractivity contribution in [2.45, 2.75) is 44.9 Å². The van der Waals surface area contributed by atoms with Crippen LogP contribution in [-0.4, -0.2) is 35.3 Å². The molecular weight excluding hydrogens is 454 g/mol. The SMILES string of the molecule is CC(=O)N1C(=O)C2(N=C(c3ccccc3)N(c3ccccc3)C2C(=O)OC(C)(C)C)c2ccccc21. The molecule has 3 aromatic rings. The second-order valence-corrected chi connectivity index (χ2v) is 9.89. The number of hydrogen-bond acceptors (Lipinski definition) is 6. The number of ether oxygens (including phenoxy) is 1. The molecule has 7 heteroatoms. The molecule has 0 saturated heterocycles. The molecule has 2 aliphatic rings. The smallest absolute Gasteiger partial charge is 0.333 e. The number of anilines is 2. The first-order valence-electron chi connectivity index (χ1n) is 11.8. The second-order valence-electron chi connectivity index (χ2n) is 9.89. The second kappa shape index (κ2) is 8.45. The van der Waals surface area contributed by atoms with Gasteiger partial charge in [0.25, 0.3) is 5.91 Å². The average Bonchev–Trinajstić information content (AvgIpc) is 3.33. The molecule has 2 aliphatic heterocycles. The zero-order valence-corrected chi connectivity index (χ0v) is 20.6. The van der Waals surface area contributed by atoms with Crippen molar-refractivity contribution < 1.29 is 19.1 Å². The van der Waals surface area contributed by atoms with Crippen molar-refractivity contribution in [2.24, 2.45) is 4.99 Å². The highest BCUT2D eigenvalue weighted by Gasteiger charge is 2.66. The van der Waals surface area contributed by atoms with Crippen molar-refractivity contribution >= 4 is 35.0 Å². The van der Waals surface area contributed by atoms with Gasteiger partial charge >= 0.3 is 5.97 Å². The summed E-state index contributed by atoms with van der Waals surface area (Å²) in [5.41, 5.74) is -0.177. The fraction of sp³-hybridized carbons (Fsp3) is 0.241. The number of fused-ring (bicyclic) bond motifs is 2. The van der Waals surface area contributed by atoms with Gasteiger partial charge < -0.3 is 9.64 Å².